The third-order valence-electron chi connectivity index (χ3n) is 3.95. The minimum Gasteiger partial charge on any atom is -0.478 e. The van der Waals surface area contributed by atoms with Crippen LogP contribution in [0.15, 0.2) is 16.6 Å². The molecule has 1 heterocycles. The van der Waals surface area contributed by atoms with E-state index in [1.54, 1.807) is 12.1 Å². The van der Waals surface area contributed by atoms with Crippen LogP contribution >= 0.6 is 15.9 Å². The van der Waals surface area contributed by atoms with Crippen molar-refractivity contribution >= 4 is 38.9 Å². The lowest BCUT2D eigenvalue weighted by molar-refractivity contribution is 0.0696. The van der Waals surface area contributed by atoms with E-state index in [1.165, 1.54) is 0 Å². The molecule has 0 saturated heterocycles. The quantitative estimate of drug-likeness (QED) is 0.692. The van der Waals surface area contributed by atoms with Gasteiger partial charge < -0.3 is 10.2 Å². The summed E-state index contributed by atoms with van der Waals surface area (Å²) in [5, 5.41) is 20.1. The molecule has 2 rings (SSSR count). The molecule has 0 fully saturated rings. The molecule has 0 spiro atoms. The van der Waals surface area contributed by atoms with Crippen LogP contribution in [0.25, 0.3) is 10.9 Å². The summed E-state index contributed by atoms with van der Waals surface area (Å²) >= 11 is 3.51. The second-order valence-corrected chi connectivity index (χ2v) is 8.82. The largest absolute Gasteiger partial charge is 0.478 e. The van der Waals surface area contributed by atoms with Crippen LogP contribution in [0.3, 0.4) is 0 Å². The van der Waals surface area contributed by atoms with Gasteiger partial charge in [-0.3, -0.25) is 0 Å². The van der Waals surface area contributed by atoms with Crippen molar-refractivity contribution in [3.8, 4) is 0 Å². The lowest BCUT2D eigenvalue weighted by atomic mass is 9.82. The molecule has 0 bridgehead atoms. The maximum Gasteiger partial charge on any atom is 0.416 e. The summed E-state index contributed by atoms with van der Waals surface area (Å²) in [5.41, 5.74) is 0.544. The molecule has 1 aromatic heterocycles. The Morgan fingerprint density at radius 2 is 1.54 bits per heavy atom. The Hall–Kier alpha value is -1.82. The highest BCUT2D eigenvalue weighted by Gasteiger charge is 2.35. The van der Waals surface area contributed by atoms with E-state index < -0.39 is 17.5 Å². The standard InChI is InChI=1S/C18H22BrNO4/c1-17(2,3)13-9(19)7-8-10-11(13)12(15(21)22)14(18(4,5)6)20(10)16(23)24/h7-8H,1-6H3,(H,21,22)(H,23,24). The van der Waals surface area contributed by atoms with Crippen molar-refractivity contribution in [2.45, 2.75) is 52.4 Å². The number of halogens is 1. The van der Waals surface area contributed by atoms with Crippen molar-refractivity contribution in [1.82, 2.24) is 4.57 Å². The highest BCUT2D eigenvalue weighted by atomic mass is 79.9. The highest BCUT2D eigenvalue weighted by molar-refractivity contribution is 9.10. The molecule has 1 aromatic carbocycles. The number of benzene rings is 1. The number of nitrogens with zero attached hydrogens (tertiary/aromatic N) is 1. The second kappa shape index (κ2) is 5.62. The topological polar surface area (TPSA) is 79.5 Å². The van der Waals surface area contributed by atoms with Crippen LogP contribution in [-0.2, 0) is 10.8 Å². The Labute approximate surface area is 149 Å². The van der Waals surface area contributed by atoms with Gasteiger partial charge in [0.1, 0.15) is 0 Å². The van der Waals surface area contributed by atoms with Crippen molar-refractivity contribution in [2.75, 3.05) is 0 Å². The molecule has 0 radical (unpaired) electrons. The summed E-state index contributed by atoms with van der Waals surface area (Å²) < 4.78 is 1.88. The van der Waals surface area contributed by atoms with Crippen molar-refractivity contribution in [2.24, 2.45) is 0 Å². The van der Waals surface area contributed by atoms with Crippen molar-refractivity contribution < 1.29 is 19.8 Å². The van der Waals surface area contributed by atoms with Gasteiger partial charge >= 0.3 is 12.1 Å². The minimum absolute atomic E-state index is 0.0612. The van der Waals surface area contributed by atoms with Gasteiger partial charge in [-0.15, -0.1) is 0 Å². The monoisotopic (exact) mass is 395 g/mol. The molecule has 0 atom stereocenters. The smallest absolute Gasteiger partial charge is 0.416 e. The molecule has 0 aliphatic rings. The number of hydrogen-bond donors (Lipinski definition) is 2. The molecule has 24 heavy (non-hydrogen) atoms. The van der Waals surface area contributed by atoms with Crippen molar-refractivity contribution in [3.05, 3.63) is 33.4 Å². The van der Waals surface area contributed by atoms with Crippen LogP contribution in [-0.4, -0.2) is 26.8 Å². The van der Waals surface area contributed by atoms with E-state index in [4.69, 9.17) is 0 Å². The Balaban J connectivity index is 3.24. The average Bonchev–Trinajstić information content (AvgIpc) is 2.71. The lowest BCUT2D eigenvalue weighted by Crippen LogP contribution is -2.24. The number of aromatic nitrogens is 1. The first-order valence-electron chi connectivity index (χ1n) is 7.63. The van der Waals surface area contributed by atoms with Gasteiger partial charge in [0, 0.05) is 15.3 Å². The molecule has 0 amide bonds. The third-order valence-corrected chi connectivity index (χ3v) is 4.61. The zero-order valence-electron chi connectivity index (χ0n) is 14.7. The van der Waals surface area contributed by atoms with E-state index in [9.17, 15) is 19.8 Å². The zero-order valence-corrected chi connectivity index (χ0v) is 16.3. The van der Waals surface area contributed by atoms with Crippen LogP contribution < -0.4 is 0 Å². The summed E-state index contributed by atoms with van der Waals surface area (Å²) in [6, 6.07) is 3.44. The van der Waals surface area contributed by atoms with Gasteiger partial charge in [-0.1, -0.05) is 57.5 Å². The summed E-state index contributed by atoms with van der Waals surface area (Å²) in [6.45, 7) is 11.4. The molecule has 0 aliphatic carbocycles. The fourth-order valence-electron chi connectivity index (χ4n) is 3.21. The summed E-state index contributed by atoms with van der Waals surface area (Å²) in [4.78, 5) is 24.0. The van der Waals surface area contributed by atoms with Crippen LogP contribution in [0.5, 0.6) is 0 Å². The Morgan fingerprint density at radius 3 is 1.92 bits per heavy atom. The normalized spacial score (nSPS) is 12.6. The summed E-state index contributed by atoms with van der Waals surface area (Å²) in [5.74, 6) is -1.12. The first kappa shape index (κ1) is 18.5. The Bertz CT molecular complexity index is 851. The van der Waals surface area contributed by atoms with E-state index in [1.807, 2.05) is 41.5 Å². The zero-order chi connectivity index (χ0) is 18.6. The number of aromatic carboxylic acids is 1. The number of carboxylic acid groups (broad SMARTS) is 2. The summed E-state index contributed by atoms with van der Waals surface area (Å²) in [7, 11) is 0. The predicted molar refractivity (Wildman–Crippen MR) is 97.4 cm³/mol. The van der Waals surface area contributed by atoms with Gasteiger partial charge in [0.15, 0.2) is 0 Å². The van der Waals surface area contributed by atoms with E-state index in [2.05, 4.69) is 15.9 Å². The van der Waals surface area contributed by atoms with Crippen LogP contribution in [0, 0.1) is 0 Å². The fourth-order valence-corrected chi connectivity index (χ4v) is 4.13. The number of carbonyl (C=O) groups is 2. The van der Waals surface area contributed by atoms with E-state index in [0.717, 1.165) is 14.6 Å². The van der Waals surface area contributed by atoms with Gasteiger partial charge in [0.05, 0.1) is 16.8 Å². The van der Waals surface area contributed by atoms with Crippen molar-refractivity contribution in [3.63, 3.8) is 0 Å². The van der Waals surface area contributed by atoms with Gasteiger partial charge in [-0.05, 0) is 23.1 Å². The molecule has 0 aliphatic heterocycles. The number of rotatable bonds is 1. The van der Waals surface area contributed by atoms with Crippen LogP contribution in [0.1, 0.15) is 63.2 Å². The van der Waals surface area contributed by atoms with E-state index in [-0.39, 0.29) is 11.0 Å². The molecule has 130 valence electrons. The Kier molecular flexibility index (Phi) is 4.34. The molecule has 0 saturated carbocycles. The molecule has 2 N–H and O–H groups in total. The number of fused-ring (bicyclic) bond motifs is 1. The maximum absolute atomic E-state index is 12.1. The molecule has 6 heteroatoms. The average molecular weight is 396 g/mol. The highest BCUT2D eigenvalue weighted by Crippen LogP contribution is 2.42. The van der Waals surface area contributed by atoms with Crippen LogP contribution in [0.2, 0.25) is 0 Å². The third kappa shape index (κ3) is 2.83. The fraction of sp³-hybridized carbons (Fsp3) is 0.444. The van der Waals surface area contributed by atoms with Gasteiger partial charge in [-0.25, -0.2) is 14.2 Å². The molecular formula is C18H22BrNO4. The van der Waals surface area contributed by atoms with Gasteiger partial charge in [-0.2, -0.15) is 0 Å². The molecular weight excluding hydrogens is 374 g/mol. The van der Waals surface area contributed by atoms with Crippen LogP contribution in [0.4, 0.5) is 4.79 Å². The first-order valence-corrected chi connectivity index (χ1v) is 8.42. The first-order chi connectivity index (χ1) is 10.8. The van der Waals surface area contributed by atoms with Gasteiger partial charge in [0.2, 0.25) is 0 Å². The second-order valence-electron chi connectivity index (χ2n) is 7.96. The lowest BCUT2D eigenvalue weighted by Gasteiger charge is -2.23. The van der Waals surface area contributed by atoms with E-state index in [0.29, 0.717) is 16.6 Å². The predicted octanol–water partition coefficient (Wildman–Crippen LogP) is 5.22. The Morgan fingerprint density at radius 1 is 1.00 bits per heavy atom. The number of carboxylic acids is 1. The maximum atomic E-state index is 12.1. The number of hydrogen-bond acceptors (Lipinski definition) is 2. The van der Waals surface area contributed by atoms with E-state index >= 15 is 0 Å². The molecule has 5 nitrogen and oxygen atoms in total. The van der Waals surface area contributed by atoms with Gasteiger partial charge in [0.25, 0.3) is 0 Å². The van der Waals surface area contributed by atoms with Crippen molar-refractivity contribution in [1.29, 1.82) is 0 Å². The minimum atomic E-state index is -1.18. The molecule has 0 unspecified atom stereocenters. The summed E-state index contributed by atoms with van der Waals surface area (Å²) in [6.07, 6.45) is -1.18. The SMILES string of the molecule is CC(C)(C)c1c(Br)ccc2c1c(C(=O)O)c(C(C)(C)C)n2C(=O)O. The molecule has 2 aromatic rings.